The summed E-state index contributed by atoms with van der Waals surface area (Å²) in [6, 6.07) is 20.2. The first-order chi connectivity index (χ1) is 26.8. The van der Waals surface area contributed by atoms with Crippen LogP contribution in [0.25, 0.3) is 12.2 Å². The van der Waals surface area contributed by atoms with Crippen LogP contribution in [0.2, 0.25) is 24.2 Å². The van der Waals surface area contributed by atoms with E-state index in [0.717, 1.165) is 81.4 Å². The van der Waals surface area contributed by atoms with Crippen LogP contribution >= 0.6 is 0 Å². The largest absolute Gasteiger partial charge is 2.00 e. The third kappa shape index (κ3) is 10.4. The summed E-state index contributed by atoms with van der Waals surface area (Å²) in [6.45, 7) is 32.6. The van der Waals surface area contributed by atoms with Gasteiger partial charge < -0.3 is 14.9 Å². The van der Waals surface area contributed by atoms with Crippen molar-refractivity contribution in [3.05, 3.63) is 110 Å². The van der Waals surface area contributed by atoms with Crippen molar-refractivity contribution in [2.45, 2.75) is 158 Å². The quantitative estimate of drug-likeness (QED) is 0.121. The molecule has 0 spiro atoms. The van der Waals surface area contributed by atoms with Gasteiger partial charge in [-0.3, -0.25) is 0 Å². The number of rotatable bonds is 5. The number of hydrogen-bond donors (Lipinski definition) is 0. The third-order valence-electron chi connectivity index (χ3n) is 18.8. The van der Waals surface area contributed by atoms with Crippen molar-refractivity contribution in [2.75, 3.05) is 0 Å². The van der Waals surface area contributed by atoms with Gasteiger partial charge in [0, 0.05) is 0 Å². The van der Waals surface area contributed by atoms with E-state index in [9.17, 15) is 0 Å². The molecule has 6 fully saturated rings. The van der Waals surface area contributed by atoms with Crippen molar-refractivity contribution in [2.24, 2.45) is 80.8 Å². The van der Waals surface area contributed by atoms with Crippen molar-refractivity contribution >= 4 is 20.2 Å². The van der Waals surface area contributed by atoms with Crippen molar-refractivity contribution < 1.29 is 26.2 Å². The van der Waals surface area contributed by atoms with Crippen molar-refractivity contribution in [3.63, 3.8) is 0 Å². The molecule has 0 radical (unpaired) electrons. The smallest absolute Gasteiger partial charge is 0.358 e. The van der Waals surface area contributed by atoms with Crippen molar-refractivity contribution in [3.8, 4) is 0 Å². The van der Waals surface area contributed by atoms with E-state index in [1.807, 2.05) is 85.0 Å². The molecule has 0 aliphatic heterocycles. The second kappa shape index (κ2) is 19.8. The molecule has 2 aromatic rings. The van der Waals surface area contributed by atoms with E-state index in [4.69, 9.17) is 0 Å². The Morgan fingerprint density at radius 1 is 0.483 bits per heavy atom. The molecule has 8 rings (SSSR count). The zero-order valence-corrected chi connectivity index (χ0v) is 44.5. The van der Waals surface area contributed by atoms with Gasteiger partial charge in [-0.15, -0.1) is 11.5 Å². The number of benzene rings is 2. The van der Waals surface area contributed by atoms with E-state index in [0.29, 0.717) is 21.7 Å². The van der Waals surface area contributed by atoms with Gasteiger partial charge in [0.2, 0.25) is 0 Å². The molecule has 6 aliphatic carbocycles. The Labute approximate surface area is 392 Å². The summed E-state index contributed by atoms with van der Waals surface area (Å²) >= 11 is 0. The summed E-state index contributed by atoms with van der Waals surface area (Å²) in [4.78, 5) is 0. The maximum absolute atomic E-state index is 3.10. The van der Waals surface area contributed by atoms with Gasteiger partial charge >= 0.3 is 26.2 Å². The van der Waals surface area contributed by atoms with Crippen LogP contribution < -0.4 is 0 Å². The minimum atomic E-state index is -1.46. The summed E-state index contributed by atoms with van der Waals surface area (Å²) in [5, 5.41) is 0. The standard InChI is InChI=1S/C38H68Si.C18H14.2CH3.Zr/c1-23-17-25-19-29-31(37(7,8)15-13-35(29,3)4)21-27(25)33(23)39(11,12)34-24(2)18-26-20-30-32(22-28(26)34)38(9,10)16-14-36(30,5)6;1(5-11-17-13-7-3-8-14-17)2-6-12-18-15-9-4-10-16-18;;;/h23-34H,13-22H2,1-12H3;1-4,7-16H;2*1H3;/q;;2*-1;+2. The Hall–Kier alpha value is -1.42. The summed E-state index contributed by atoms with van der Waals surface area (Å²) < 4.78 is 0. The Bertz CT molecular complexity index is 1670. The molecule has 2 heteroatoms. The van der Waals surface area contributed by atoms with Gasteiger partial charge in [-0.2, -0.15) is 0 Å². The van der Waals surface area contributed by atoms with Crippen molar-refractivity contribution in [1.82, 2.24) is 0 Å². The predicted molar refractivity (Wildman–Crippen MR) is 263 cm³/mol. The average molecular weight is 905 g/mol. The van der Waals surface area contributed by atoms with Gasteiger partial charge in [0.1, 0.15) is 0 Å². The molecule has 2 aromatic carbocycles. The molecule has 60 heavy (non-hydrogen) atoms. The van der Waals surface area contributed by atoms with Crippen molar-refractivity contribution in [1.29, 1.82) is 0 Å². The van der Waals surface area contributed by atoms with Crippen LogP contribution in [0.3, 0.4) is 0 Å². The van der Waals surface area contributed by atoms with E-state index in [1.54, 1.807) is 38.5 Å². The fraction of sp³-hybridized carbons (Fsp3) is 0.655. The Balaban J connectivity index is 0.000000321. The first-order valence-corrected chi connectivity index (χ1v) is 26.9. The molecule has 6 saturated carbocycles. The Kier molecular flexibility index (Phi) is 16.9. The summed E-state index contributed by atoms with van der Waals surface area (Å²) in [6.07, 6.45) is 22.8. The molecule has 0 nitrogen and oxygen atoms in total. The van der Waals surface area contributed by atoms with Crippen LogP contribution in [-0.4, -0.2) is 8.07 Å². The van der Waals surface area contributed by atoms with Gasteiger partial charge in [0.05, 0.1) is 8.07 Å². The van der Waals surface area contributed by atoms with Crippen LogP contribution in [-0.2, 0) is 26.2 Å². The molecular formula is C58H88SiZr. The first kappa shape index (κ1) is 51.2. The minimum Gasteiger partial charge on any atom is -0.358 e. The Morgan fingerprint density at radius 3 is 1.10 bits per heavy atom. The second-order valence-electron chi connectivity index (χ2n) is 24.2. The van der Waals surface area contributed by atoms with Crippen LogP contribution in [0.15, 0.2) is 84.3 Å². The van der Waals surface area contributed by atoms with Gasteiger partial charge in [0.15, 0.2) is 0 Å². The Morgan fingerprint density at radius 2 is 0.783 bits per heavy atom. The molecule has 12 atom stereocenters. The molecular weight excluding hydrogens is 816 g/mol. The molecule has 0 aromatic heterocycles. The van der Waals surface area contributed by atoms with Crippen LogP contribution in [0.4, 0.5) is 0 Å². The van der Waals surface area contributed by atoms with E-state index >= 15 is 0 Å². The molecule has 0 N–H and O–H groups in total. The van der Waals surface area contributed by atoms with E-state index < -0.39 is 8.07 Å². The summed E-state index contributed by atoms with van der Waals surface area (Å²) in [7, 11) is -1.46. The van der Waals surface area contributed by atoms with E-state index in [1.165, 1.54) is 25.7 Å². The SMILES string of the molecule is C(=CC=C=Cc1ccccc1)=Cc1ccccc1.CC1CC2CC3C(CC2C1[Si](C)(C)C1C(C)CC2CC4C(CC21)C(C)(C)CCC4(C)C)C(C)(C)CCC3(C)C.[CH3-].[CH3-].[Zr+2]. The fourth-order valence-electron chi connectivity index (χ4n) is 15.9. The number of fused-ring (bicyclic) bond motifs is 4. The summed E-state index contributed by atoms with van der Waals surface area (Å²) in [5.41, 5.74) is 12.9. The van der Waals surface area contributed by atoms with Crippen LogP contribution in [0, 0.1) is 95.7 Å². The molecule has 0 saturated heterocycles. The third-order valence-corrected chi connectivity index (χ3v) is 24.2. The van der Waals surface area contributed by atoms with E-state index in [2.05, 4.69) is 93.8 Å². The molecule has 0 amide bonds. The average Bonchev–Trinajstić information content (AvgIpc) is 3.69. The molecule has 0 bridgehead atoms. The fourth-order valence-corrected chi connectivity index (χ4v) is 22.6. The van der Waals surface area contributed by atoms with Gasteiger partial charge in [-0.25, -0.2) is 0 Å². The normalized spacial score (nSPS) is 36.0. The molecule has 0 heterocycles. The molecule has 12 unspecified atom stereocenters. The maximum atomic E-state index is 3.10. The topological polar surface area (TPSA) is 0 Å². The van der Waals surface area contributed by atoms with Gasteiger partial charge in [-0.05, 0) is 192 Å². The minimum absolute atomic E-state index is 0. The number of allylic oxidation sites excluding steroid dienone is 2. The molecule has 6 aliphatic rings. The zero-order chi connectivity index (χ0) is 41.0. The second-order valence-corrected chi connectivity index (χ2v) is 29.2. The maximum Gasteiger partial charge on any atom is 2.00 e. The molecule has 328 valence electrons. The van der Waals surface area contributed by atoms with Crippen LogP contribution in [0.5, 0.6) is 0 Å². The predicted octanol–water partition coefficient (Wildman–Crippen LogP) is 17.3. The number of hydrogen-bond acceptors (Lipinski definition) is 0. The van der Waals surface area contributed by atoms with E-state index in [-0.39, 0.29) is 41.1 Å². The zero-order valence-electron chi connectivity index (χ0n) is 41.1. The van der Waals surface area contributed by atoms with Gasteiger partial charge in [0.25, 0.3) is 0 Å². The van der Waals surface area contributed by atoms with Crippen LogP contribution in [0.1, 0.15) is 145 Å². The summed E-state index contributed by atoms with van der Waals surface area (Å²) in [5.74, 6) is 9.98. The first-order valence-electron chi connectivity index (χ1n) is 23.8. The van der Waals surface area contributed by atoms with Gasteiger partial charge in [-0.1, -0.05) is 143 Å². The monoisotopic (exact) mass is 903 g/mol.